The maximum Gasteiger partial charge on any atom is 0.101 e. The fourth-order valence-corrected chi connectivity index (χ4v) is 1.74. The molecule has 1 heterocycles. The molecule has 0 radical (unpaired) electrons. The second kappa shape index (κ2) is 3.46. The van der Waals surface area contributed by atoms with Gasteiger partial charge in [0.1, 0.15) is 6.07 Å². The Kier molecular flexibility index (Phi) is 2.15. The van der Waals surface area contributed by atoms with E-state index in [1.54, 1.807) is 6.21 Å². The van der Waals surface area contributed by atoms with Crippen molar-refractivity contribution in [3.8, 4) is 6.07 Å². The Hall–Kier alpha value is -1.53. The van der Waals surface area contributed by atoms with Crippen LogP contribution in [0.3, 0.4) is 0 Å². The van der Waals surface area contributed by atoms with Crippen molar-refractivity contribution in [1.82, 2.24) is 0 Å². The van der Waals surface area contributed by atoms with Crippen molar-refractivity contribution in [2.75, 3.05) is 0 Å². The van der Waals surface area contributed by atoms with Crippen LogP contribution in [0.15, 0.2) is 39.1 Å². The van der Waals surface area contributed by atoms with Crippen molar-refractivity contribution in [3.63, 3.8) is 0 Å². The molecule has 1 aromatic rings. The highest BCUT2D eigenvalue weighted by Gasteiger charge is 2.03. The van der Waals surface area contributed by atoms with Gasteiger partial charge in [-0.1, -0.05) is 18.2 Å². The van der Waals surface area contributed by atoms with E-state index in [9.17, 15) is 0 Å². The third-order valence-corrected chi connectivity index (χ3v) is 2.48. The molecule has 0 N–H and O–H groups in total. The lowest BCUT2D eigenvalue weighted by molar-refractivity contribution is 1.42. The van der Waals surface area contributed by atoms with E-state index in [0.29, 0.717) is 5.57 Å². The second-order valence-electron chi connectivity index (χ2n) is 2.58. The van der Waals surface area contributed by atoms with Gasteiger partial charge in [-0.2, -0.15) is 5.26 Å². The fourth-order valence-electron chi connectivity index (χ4n) is 1.09. The van der Waals surface area contributed by atoms with Gasteiger partial charge in [-0.05, 0) is 17.7 Å². The van der Waals surface area contributed by atoms with Gasteiger partial charge < -0.3 is 0 Å². The molecular weight excluding hydrogens is 180 g/mol. The van der Waals surface area contributed by atoms with Gasteiger partial charge in [-0.15, -0.1) is 0 Å². The molecule has 1 aliphatic heterocycles. The van der Waals surface area contributed by atoms with E-state index in [4.69, 9.17) is 5.26 Å². The van der Waals surface area contributed by atoms with Gasteiger partial charge in [0.05, 0.1) is 11.8 Å². The summed E-state index contributed by atoms with van der Waals surface area (Å²) in [5.41, 5.74) is 1.65. The van der Waals surface area contributed by atoms with Crippen molar-refractivity contribution in [3.05, 3.63) is 35.4 Å². The van der Waals surface area contributed by atoms with Crippen LogP contribution in [0, 0.1) is 11.3 Å². The highest BCUT2D eigenvalue weighted by atomic mass is 32.2. The average molecular weight is 186 g/mol. The Bertz CT molecular complexity index is 427. The van der Waals surface area contributed by atoms with Gasteiger partial charge in [-0.3, -0.25) is 0 Å². The minimum atomic E-state index is 0.595. The Morgan fingerprint density at radius 2 is 2.15 bits per heavy atom. The summed E-state index contributed by atoms with van der Waals surface area (Å²) >= 11 is 1.39. The topological polar surface area (TPSA) is 36.1 Å². The normalized spacial score (nSPS) is 13.9. The molecule has 0 aromatic heterocycles. The molecule has 0 fully saturated rings. The average Bonchev–Trinajstić information content (AvgIpc) is 2.38. The summed E-state index contributed by atoms with van der Waals surface area (Å²) in [5, 5.41) is 8.72. The summed E-state index contributed by atoms with van der Waals surface area (Å²) in [6.45, 7) is 0. The van der Waals surface area contributed by atoms with Crippen LogP contribution in [0.1, 0.15) is 5.56 Å². The summed E-state index contributed by atoms with van der Waals surface area (Å²) in [7, 11) is 0. The van der Waals surface area contributed by atoms with Gasteiger partial charge in [0, 0.05) is 16.8 Å². The van der Waals surface area contributed by atoms with Gasteiger partial charge in [0.25, 0.3) is 0 Å². The summed E-state index contributed by atoms with van der Waals surface area (Å²) in [6, 6.07) is 9.98. The van der Waals surface area contributed by atoms with Crippen LogP contribution in [-0.4, -0.2) is 6.21 Å². The van der Waals surface area contributed by atoms with E-state index >= 15 is 0 Å². The fraction of sp³-hybridized carbons (Fsp3) is 0. The minimum absolute atomic E-state index is 0.595. The number of hydrogen-bond donors (Lipinski definition) is 0. The molecule has 62 valence electrons. The van der Waals surface area contributed by atoms with Crippen LogP contribution in [0.4, 0.5) is 0 Å². The van der Waals surface area contributed by atoms with Crippen molar-refractivity contribution < 1.29 is 0 Å². The quantitative estimate of drug-likeness (QED) is 0.584. The molecular formula is C10H6N2S. The van der Waals surface area contributed by atoms with Crippen LogP contribution < -0.4 is 0 Å². The lowest BCUT2D eigenvalue weighted by Crippen LogP contribution is -1.78. The molecule has 0 saturated heterocycles. The molecule has 0 amide bonds. The molecule has 0 saturated carbocycles. The van der Waals surface area contributed by atoms with E-state index in [1.165, 1.54) is 11.9 Å². The summed E-state index contributed by atoms with van der Waals surface area (Å²) in [4.78, 5) is 1.09. The molecule has 1 aliphatic rings. The summed E-state index contributed by atoms with van der Waals surface area (Å²) < 4.78 is 4.07. The highest BCUT2D eigenvalue weighted by molar-refractivity contribution is 7.98. The van der Waals surface area contributed by atoms with Crippen molar-refractivity contribution in [2.45, 2.75) is 4.90 Å². The molecule has 0 bridgehead atoms. The molecule has 2 rings (SSSR count). The Morgan fingerprint density at radius 1 is 1.31 bits per heavy atom. The third kappa shape index (κ3) is 1.63. The first-order chi connectivity index (χ1) is 6.40. The third-order valence-electron chi connectivity index (χ3n) is 1.70. The van der Waals surface area contributed by atoms with Crippen molar-refractivity contribution in [1.29, 1.82) is 5.26 Å². The first-order valence-electron chi connectivity index (χ1n) is 3.81. The molecule has 0 unspecified atom stereocenters. The highest BCUT2D eigenvalue weighted by Crippen LogP contribution is 2.27. The van der Waals surface area contributed by atoms with E-state index in [-0.39, 0.29) is 0 Å². The molecule has 0 atom stereocenters. The van der Waals surface area contributed by atoms with E-state index in [2.05, 4.69) is 10.5 Å². The smallest absolute Gasteiger partial charge is 0.101 e. The van der Waals surface area contributed by atoms with Crippen molar-refractivity contribution >= 4 is 24.2 Å². The van der Waals surface area contributed by atoms with Crippen LogP contribution in [0.2, 0.25) is 0 Å². The predicted octanol–water partition coefficient (Wildman–Crippen LogP) is 2.69. The number of hydrogen-bond acceptors (Lipinski definition) is 3. The molecule has 3 heteroatoms. The van der Waals surface area contributed by atoms with Crippen LogP contribution in [0.25, 0.3) is 6.08 Å². The molecule has 1 aromatic carbocycles. The Labute approximate surface area is 80.7 Å². The number of nitrogens with zero attached hydrogens (tertiary/aromatic N) is 2. The maximum absolute atomic E-state index is 8.72. The van der Waals surface area contributed by atoms with Crippen LogP contribution in [0.5, 0.6) is 0 Å². The Morgan fingerprint density at radius 3 is 3.00 bits per heavy atom. The zero-order chi connectivity index (χ0) is 9.10. The SMILES string of the molecule is N#CC1=Cc2ccccc2SN=C1. The van der Waals surface area contributed by atoms with Crippen molar-refractivity contribution in [2.24, 2.45) is 4.40 Å². The Balaban J connectivity index is 2.55. The summed E-state index contributed by atoms with van der Waals surface area (Å²) in [5.74, 6) is 0. The first kappa shape index (κ1) is 8.09. The van der Waals surface area contributed by atoms with Crippen LogP contribution in [-0.2, 0) is 0 Å². The number of nitriles is 1. The number of allylic oxidation sites excluding steroid dienone is 1. The number of rotatable bonds is 0. The number of fused-ring (bicyclic) bond motifs is 1. The lowest BCUT2D eigenvalue weighted by Gasteiger charge is -1.97. The molecule has 2 nitrogen and oxygen atoms in total. The largest absolute Gasteiger partial charge is 0.218 e. The number of benzene rings is 1. The second-order valence-corrected chi connectivity index (χ2v) is 3.41. The standard InChI is InChI=1S/C10H6N2S/c11-6-8-5-9-3-1-2-4-10(9)13-12-7-8/h1-5,7H. The van der Waals surface area contributed by atoms with Gasteiger partial charge >= 0.3 is 0 Å². The molecule has 13 heavy (non-hydrogen) atoms. The van der Waals surface area contributed by atoms with E-state index in [1.807, 2.05) is 30.3 Å². The maximum atomic E-state index is 8.72. The van der Waals surface area contributed by atoms with Crippen LogP contribution >= 0.6 is 11.9 Å². The van der Waals surface area contributed by atoms with Gasteiger partial charge in [0.2, 0.25) is 0 Å². The zero-order valence-electron chi connectivity index (χ0n) is 6.77. The monoisotopic (exact) mass is 186 g/mol. The van der Waals surface area contributed by atoms with Gasteiger partial charge in [-0.25, -0.2) is 4.40 Å². The minimum Gasteiger partial charge on any atom is -0.218 e. The summed E-state index contributed by atoms with van der Waals surface area (Å²) in [6.07, 6.45) is 3.43. The lowest BCUT2D eigenvalue weighted by atomic mass is 10.1. The first-order valence-corrected chi connectivity index (χ1v) is 4.59. The predicted molar refractivity (Wildman–Crippen MR) is 54.4 cm³/mol. The van der Waals surface area contributed by atoms with E-state index in [0.717, 1.165) is 10.5 Å². The molecule has 0 aliphatic carbocycles. The molecule has 0 spiro atoms. The zero-order valence-corrected chi connectivity index (χ0v) is 7.58. The van der Waals surface area contributed by atoms with E-state index < -0.39 is 0 Å². The van der Waals surface area contributed by atoms with Gasteiger partial charge in [0.15, 0.2) is 0 Å².